The summed E-state index contributed by atoms with van der Waals surface area (Å²) in [5, 5.41) is 11.6. The van der Waals surface area contributed by atoms with Gasteiger partial charge in [-0.2, -0.15) is 0 Å². The summed E-state index contributed by atoms with van der Waals surface area (Å²) >= 11 is 0. The molecule has 19 heavy (non-hydrogen) atoms. The molecular formula is C16H21NO2. The quantitative estimate of drug-likeness (QED) is 0.629. The largest absolute Gasteiger partial charge is 0.384 e. The van der Waals surface area contributed by atoms with Gasteiger partial charge in [0.05, 0.1) is 5.56 Å². The number of carbonyl (C=O) groups excluding carboxylic acids is 1. The van der Waals surface area contributed by atoms with Crippen LogP contribution < -0.4 is 5.32 Å². The molecule has 0 fully saturated rings. The molecule has 0 aromatic heterocycles. The van der Waals surface area contributed by atoms with Gasteiger partial charge in [0.15, 0.2) is 0 Å². The maximum Gasteiger partial charge on any atom is 0.252 e. The Labute approximate surface area is 115 Å². The highest BCUT2D eigenvalue weighted by atomic mass is 16.2. The molecule has 3 heteroatoms. The van der Waals surface area contributed by atoms with Crippen molar-refractivity contribution in [2.45, 2.75) is 26.7 Å². The number of amides is 1. The highest BCUT2D eigenvalue weighted by Gasteiger charge is 2.08. The molecule has 0 radical (unpaired) electrons. The van der Waals surface area contributed by atoms with Crippen LogP contribution in [0.1, 0.15) is 42.6 Å². The van der Waals surface area contributed by atoms with Gasteiger partial charge in [-0.25, -0.2) is 0 Å². The SMILES string of the molecule is CC(C)CCCNC(=O)c1ccccc1C#CCO. The van der Waals surface area contributed by atoms with Crippen molar-refractivity contribution in [3.63, 3.8) is 0 Å². The van der Waals surface area contributed by atoms with Crippen LogP contribution in [0.4, 0.5) is 0 Å². The van der Waals surface area contributed by atoms with E-state index >= 15 is 0 Å². The van der Waals surface area contributed by atoms with Crippen molar-refractivity contribution in [2.24, 2.45) is 5.92 Å². The number of benzene rings is 1. The molecule has 1 aromatic carbocycles. The molecule has 0 atom stereocenters. The topological polar surface area (TPSA) is 49.3 Å². The Kier molecular flexibility index (Phi) is 6.70. The molecule has 2 N–H and O–H groups in total. The first kappa shape index (κ1) is 15.3. The van der Waals surface area contributed by atoms with Crippen molar-refractivity contribution in [2.75, 3.05) is 13.2 Å². The van der Waals surface area contributed by atoms with Crippen LogP contribution in [0.3, 0.4) is 0 Å². The highest BCUT2D eigenvalue weighted by Crippen LogP contribution is 2.07. The van der Waals surface area contributed by atoms with Crippen LogP contribution in [-0.4, -0.2) is 24.2 Å². The summed E-state index contributed by atoms with van der Waals surface area (Å²) in [5.74, 6) is 5.91. The molecular weight excluding hydrogens is 238 g/mol. The Morgan fingerprint density at radius 1 is 1.37 bits per heavy atom. The molecule has 102 valence electrons. The van der Waals surface area contributed by atoms with E-state index in [0.717, 1.165) is 12.8 Å². The molecule has 3 nitrogen and oxygen atoms in total. The van der Waals surface area contributed by atoms with Gasteiger partial charge in [0.2, 0.25) is 0 Å². The van der Waals surface area contributed by atoms with Crippen molar-refractivity contribution >= 4 is 5.91 Å². The maximum absolute atomic E-state index is 12.0. The zero-order valence-corrected chi connectivity index (χ0v) is 11.6. The molecule has 0 saturated carbocycles. The van der Waals surface area contributed by atoms with Gasteiger partial charge in [0.1, 0.15) is 6.61 Å². The average Bonchev–Trinajstić information content (AvgIpc) is 2.41. The van der Waals surface area contributed by atoms with Crippen LogP contribution in [0.2, 0.25) is 0 Å². The lowest BCUT2D eigenvalue weighted by molar-refractivity contribution is 0.0952. The molecule has 0 bridgehead atoms. The zero-order chi connectivity index (χ0) is 14.1. The minimum Gasteiger partial charge on any atom is -0.384 e. The first-order valence-corrected chi connectivity index (χ1v) is 6.62. The molecule has 1 rings (SSSR count). The summed E-state index contributed by atoms with van der Waals surface area (Å²) in [4.78, 5) is 12.0. The first-order chi connectivity index (χ1) is 9.15. The standard InChI is InChI=1S/C16H21NO2/c1-13(2)7-5-11-17-16(19)15-10-4-3-8-14(15)9-6-12-18/h3-4,8,10,13,18H,5,7,11-12H2,1-2H3,(H,17,19). The minimum absolute atomic E-state index is 0.105. The predicted molar refractivity (Wildman–Crippen MR) is 76.8 cm³/mol. The molecule has 1 aromatic rings. The van der Waals surface area contributed by atoms with Gasteiger partial charge in [0.25, 0.3) is 5.91 Å². The van der Waals surface area contributed by atoms with Crippen LogP contribution in [-0.2, 0) is 0 Å². The lowest BCUT2D eigenvalue weighted by Gasteiger charge is -2.08. The van der Waals surface area contributed by atoms with Crippen LogP contribution in [0.5, 0.6) is 0 Å². The predicted octanol–water partition coefficient (Wildman–Crippen LogP) is 2.20. The Morgan fingerprint density at radius 3 is 2.79 bits per heavy atom. The number of carbonyl (C=O) groups is 1. The third kappa shape index (κ3) is 5.58. The van der Waals surface area contributed by atoms with E-state index in [1.807, 2.05) is 12.1 Å². The minimum atomic E-state index is -0.204. The average molecular weight is 259 g/mol. The summed E-state index contributed by atoms with van der Waals surface area (Å²) in [6, 6.07) is 7.18. The number of aliphatic hydroxyl groups is 1. The first-order valence-electron chi connectivity index (χ1n) is 6.62. The van der Waals surface area contributed by atoms with Crippen molar-refractivity contribution in [3.05, 3.63) is 35.4 Å². The smallest absolute Gasteiger partial charge is 0.252 e. The third-order valence-corrected chi connectivity index (χ3v) is 2.72. The van der Waals surface area contributed by atoms with Crippen molar-refractivity contribution in [1.29, 1.82) is 0 Å². The number of hydrogen-bond acceptors (Lipinski definition) is 2. The molecule has 0 aliphatic rings. The van der Waals surface area contributed by atoms with E-state index in [4.69, 9.17) is 5.11 Å². The van der Waals surface area contributed by atoms with Crippen LogP contribution in [0, 0.1) is 17.8 Å². The molecule has 1 amide bonds. The van der Waals surface area contributed by atoms with Crippen molar-refractivity contribution in [3.8, 4) is 11.8 Å². The Bertz CT molecular complexity index is 469. The van der Waals surface area contributed by atoms with E-state index in [1.54, 1.807) is 12.1 Å². The monoisotopic (exact) mass is 259 g/mol. The molecule has 0 saturated heterocycles. The zero-order valence-electron chi connectivity index (χ0n) is 11.6. The molecule has 0 spiro atoms. The summed E-state index contributed by atoms with van der Waals surface area (Å²) in [6.45, 7) is 4.81. The van der Waals surface area contributed by atoms with E-state index in [0.29, 0.717) is 23.6 Å². The van der Waals surface area contributed by atoms with Gasteiger partial charge < -0.3 is 10.4 Å². The Balaban J connectivity index is 2.61. The van der Waals surface area contributed by atoms with Gasteiger partial charge in [0, 0.05) is 12.1 Å². The molecule has 0 aliphatic heterocycles. The number of aliphatic hydroxyl groups excluding tert-OH is 1. The van der Waals surface area contributed by atoms with Crippen molar-refractivity contribution in [1.82, 2.24) is 5.32 Å². The van der Waals surface area contributed by atoms with E-state index in [2.05, 4.69) is 31.0 Å². The van der Waals surface area contributed by atoms with Crippen LogP contribution in [0.15, 0.2) is 24.3 Å². The maximum atomic E-state index is 12.0. The third-order valence-electron chi connectivity index (χ3n) is 2.72. The normalized spacial score (nSPS) is 9.89. The second-order valence-electron chi connectivity index (χ2n) is 4.80. The number of rotatable bonds is 5. The summed E-state index contributed by atoms with van der Waals surface area (Å²) < 4.78 is 0. The summed E-state index contributed by atoms with van der Waals surface area (Å²) in [7, 11) is 0. The highest BCUT2D eigenvalue weighted by molar-refractivity contribution is 5.96. The van der Waals surface area contributed by atoms with Gasteiger partial charge in [-0.1, -0.05) is 37.8 Å². The fourth-order valence-corrected chi connectivity index (χ4v) is 1.73. The van der Waals surface area contributed by atoms with E-state index in [1.165, 1.54) is 0 Å². The number of nitrogens with one attached hydrogen (secondary N) is 1. The van der Waals surface area contributed by atoms with Crippen LogP contribution >= 0.6 is 0 Å². The second-order valence-corrected chi connectivity index (χ2v) is 4.80. The van der Waals surface area contributed by atoms with Gasteiger partial charge in [-0.05, 0) is 30.9 Å². The van der Waals surface area contributed by atoms with Crippen molar-refractivity contribution < 1.29 is 9.90 Å². The van der Waals surface area contributed by atoms with E-state index in [-0.39, 0.29) is 12.5 Å². The fourth-order valence-electron chi connectivity index (χ4n) is 1.73. The molecule has 0 unspecified atom stereocenters. The van der Waals surface area contributed by atoms with Gasteiger partial charge in [-0.15, -0.1) is 0 Å². The molecule has 0 aliphatic carbocycles. The van der Waals surface area contributed by atoms with Gasteiger partial charge in [-0.3, -0.25) is 4.79 Å². The summed E-state index contributed by atoms with van der Waals surface area (Å²) in [5.41, 5.74) is 1.21. The Morgan fingerprint density at radius 2 is 2.11 bits per heavy atom. The fraction of sp³-hybridized carbons (Fsp3) is 0.438. The summed E-state index contributed by atoms with van der Waals surface area (Å²) in [6.07, 6.45) is 2.08. The lowest BCUT2D eigenvalue weighted by Crippen LogP contribution is -2.25. The van der Waals surface area contributed by atoms with E-state index in [9.17, 15) is 4.79 Å². The lowest BCUT2D eigenvalue weighted by atomic mass is 10.1. The molecule has 0 heterocycles. The Hall–Kier alpha value is -1.79. The van der Waals surface area contributed by atoms with Crippen LogP contribution in [0.25, 0.3) is 0 Å². The van der Waals surface area contributed by atoms with E-state index < -0.39 is 0 Å². The van der Waals surface area contributed by atoms with Gasteiger partial charge >= 0.3 is 0 Å². The second kappa shape index (κ2) is 8.34. The number of hydrogen-bond donors (Lipinski definition) is 2.